The number of hydrogen-bond acceptors (Lipinski definition) is 4. The summed E-state index contributed by atoms with van der Waals surface area (Å²) in [5, 5.41) is 9.61. The Morgan fingerprint density at radius 2 is 2.05 bits per heavy atom. The van der Waals surface area contributed by atoms with Crippen molar-refractivity contribution >= 4 is 28.2 Å². The van der Waals surface area contributed by atoms with Crippen LogP contribution >= 0.6 is 11.8 Å². The second-order valence-corrected chi connectivity index (χ2v) is 6.33. The normalized spacial score (nSPS) is 22.8. The second-order valence-electron chi connectivity index (χ2n) is 4.86. The fourth-order valence-electron chi connectivity index (χ4n) is 2.49. The molecule has 5 nitrogen and oxygen atoms in total. The summed E-state index contributed by atoms with van der Waals surface area (Å²) in [5.74, 6) is 1.03. The summed E-state index contributed by atoms with van der Waals surface area (Å²) in [6.07, 6.45) is 1.07. The number of H-pyrrole nitrogens is 2. The molecule has 2 unspecified atom stereocenters. The average molecular weight is 277 g/mol. The first-order valence-electron chi connectivity index (χ1n) is 6.27. The van der Waals surface area contributed by atoms with Crippen molar-refractivity contribution < 1.29 is 0 Å². The van der Waals surface area contributed by atoms with Gasteiger partial charge in [-0.15, -0.1) is 0 Å². The van der Waals surface area contributed by atoms with Crippen molar-refractivity contribution in [1.82, 2.24) is 10.2 Å². The summed E-state index contributed by atoms with van der Waals surface area (Å²) in [4.78, 5) is 23.6. The molecule has 0 aliphatic carbocycles. The van der Waals surface area contributed by atoms with E-state index in [4.69, 9.17) is 0 Å². The lowest BCUT2D eigenvalue weighted by Gasteiger charge is -2.14. The number of aromatic nitrogens is 2. The van der Waals surface area contributed by atoms with Gasteiger partial charge in [0, 0.05) is 22.7 Å². The van der Waals surface area contributed by atoms with Gasteiger partial charge in [0.25, 0.3) is 11.1 Å². The van der Waals surface area contributed by atoms with Gasteiger partial charge >= 0.3 is 0 Å². The largest absolute Gasteiger partial charge is 0.381 e. The van der Waals surface area contributed by atoms with E-state index >= 15 is 0 Å². The van der Waals surface area contributed by atoms with E-state index in [1.54, 1.807) is 12.1 Å². The van der Waals surface area contributed by atoms with Gasteiger partial charge in [-0.1, -0.05) is 13.0 Å². The van der Waals surface area contributed by atoms with Crippen molar-refractivity contribution in [3.05, 3.63) is 38.9 Å². The van der Waals surface area contributed by atoms with Crippen LogP contribution in [-0.2, 0) is 0 Å². The molecule has 2 atom stereocenters. The molecule has 1 fully saturated rings. The van der Waals surface area contributed by atoms with Gasteiger partial charge in [0.05, 0.1) is 10.8 Å². The number of thioether (sulfide) groups is 1. The molecule has 1 saturated heterocycles. The Labute approximate surface area is 113 Å². The Bertz CT molecular complexity index is 722. The minimum atomic E-state index is -0.271. The third-order valence-electron chi connectivity index (χ3n) is 3.38. The first-order chi connectivity index (χ1) is 9.15. The van der Waals surface area contributed by atoms with Crippen LogP contribution in [0.1, 0.15) is 13.3 Å². The van der Waals surface area contributed by atoms with Gasteiger partial charge in [0.2, 0.25) is 0 Å². The number of fused-ring (bicyclic) bond motifs is 1. The van der Waals surface area contributed by atoms with Crippen molar-refractivity contribution in [2.45, 2.75) is 24.6 Å². The lowest BCUT2D eigenvalue weighted by Crippen LogP contribution is -2.23. The van der Waals surface area contributed by atoms with E-state index in [9.17, 15) is 9.59 Å². The van der Waals surface area contributed by atoms with E-state index in [2.05, 4.69) is 22.4 Å². The highest BCUT2D eigenvalue weighted by Crippen LogP contribution is 2.29. The maximum absolute atomic E-state index is 11.9. The fourth-order valence-corrected chi connectivity index (χ4v) is 3.64. The molecule has 100 valence electrons. The van der Waals surface area contributed by atoms with E-state index in [1.807, 2.05) is 17.8 Å². The molecule has 1 aromatic heterocycles. The zero-order valence-electron chi connectivity index (χ0n) is 10.5. The van der Waals surface area contributed by atoms with Crippen LogP contribution in [0.4, 0.5) is 5.69 Å². The average Bonchev–Trinajstić information content (AvgIpc) is 2.80. The number of rotatable bonds is 2. The van der Waals surface area contributed by atoms with Gasteiger partial charge in [0.1, 0.15) is 0 Å². The number of aromatic amines is 2. The van der Waals surface area contributed by atoms with E-state index in [-0.39, 0.29) is 11.1 Å². The first kappa shape index (κ1) is 12.3. The number of nitrogens with one attached hydrogen (secondary N) is 3. The monoisotopic (exact) mass is 277 g/mol. The molecule has 1 aliphatic rings. The maximum atomic E-state index is 11.9. The summed E-state index contributed by atoms with van der Waals surface area (Å²) in [6.45, 7) is 2.20. The van der Waals surface area contributed by atoms with Gasteiger partial charge in [0.15, 0.2) is 0 Å². The molecule has 3 rings (SSSR count). The van der Waals surface area contributed by atoms with Gasteiger partial charge in [-0.3, -0.25) is 19.8 Å². The molecule has 0 radical (unpaired) electrons. The van der Waals surface area contributed by atoms with Crippen molar-refractivity contribution in [2.75, 3.05) is 11.1 Å². The van der Waals surface area contributed by atoms with E-state index in [1.165, 1.54) is 0 Å². The predicted molar refractivity (Wildman–Crippen MR) is 79.1 cm³/mol. The molecular formula is C13H15N3O2S. The van der Waals surface area contributed by atoms with Crippen LogP contribution in [0.3, 0.4) is 0 Å². The number of benzene rings is 1. The van der Waals surface area contributed by atoms with Crippen molar-refractivity contribution in [3.63, 3.8) is 0 Å². The molecule has 19 heavy (non-hydrogen) atoms. The minimum Gasteiger partial charge on any atom is -0.381 e. The third-order valence-corrected chi connectivity index (χ3v) is 4.74. The predicted octanol–water partition coefficient (Wildman–Crippen LogP) is 1.52. The summed E-state index contributed by atoms with van der Waals surface area (Å²) in [6, 6.07) is 5.67. The van der Waals surface area contributed by atoms with Crippen LogP contribution < -0.4 is 16.4 Å². The van der Waals surface area contributed by atoms with Crippen LogP contribution in [0.2, 0.25) is 0 Å². The molecule has 0 spiro atoms. The smallest absolute Gasteiger partial charge is 0.272 e. The third kappa shape index (κ3) is 2.28. The topological polar surface area (TPSA) is 77.8 Å². The molecule has 2 heterocycles. The SMILES string of the molecule is CC1CC(Nc2cccc3c(=O)[nH][nH]c(=O)c23)CS1. The van der Waals surface area contributed by atoms with E-state index in [0.717, 1.165) is 17.9 Å². The van der Waals surface area contributed by atoms with Crippen LogP contribution in [-0.4, -0.2) is 27.2 Å². The summed E-state index contributed by atoms with van der Waals surface area (Å²) in [7, 11) is 0. The zero-order chi connectivity index (χ0) is 13.4. The summed E-state index contributed by atoms with van der Waals surface area (Å²) < 4.78 is 0. The molecule has 0 amide bonds. The Balaban J connectivity index is 2.07. The molecule has 6 heteroatoms. The van der Waals surface area contributed by atoms with Gasteiger partial charge in [-0.2, -0.15) is 11.8 Å². The highest BCUT2D eigenvalue weighted by atomic mass is 32.2. The zero-order valence-corrected chi connectivity index (χ0v) is 11.3. The van der Waals surface area contributed by atoms with Crippen LogP contribution in [0.5, 0.6) is 0 Å². The molecule has 1 aromatic carbocycles. The molecule has 0 saturated carbocycles. The quantitative estimate of drug-likeness (QED) is 0.778. The summed E-state index contributed by atoms with van der Waals surface area (Å²) >= 11 is 1.92. The Morgan fingerprint density at radius 3 is 2.79 bits per heavy atom. The van der Waals surface area contributed by atoms with E-state index in [0.29, 0.717) is 22.1 Å². The lowest BCUT2D eigenvalue weighted by atomic mass is 10.1. The molecule has 0 bridgehead atoms. The fraction of sp³-hybridized carbons (Fsp3) is 0.385. The molecule has 2 aromatic rings. The van der Waals surface area contributed by atoms with Crippen molar-refractivity contribution in [2.24, 2.45) is 0 Å². The lowest BCUT2D eigenvalue weighted by molar-refractivity contribution is 0.748. The Morgan fingerprint density at radius 1 is 1.26 bits per heavy atom. The molecule has 1 aliphatic heterocycles. The number of hydrogen-bond donors (Lipinski definition) is 3. The second kappa shape index (κ2) is 4.77. The highest BCUT2D eigenvalue weighted by Gasteiger charge is 2.22. The van der Waals surface area contributed by atoms with Gasteiger partial charge in [-0.25, -0.2) is 0 Å². The Kier molecular flexibility index (Phi) is 3.10. The van der Waals surface area contributed by atoms with Crippen LogP contribution in [0.25, 0.3) is 10.8 Å². The standard InChI is InChI=1S/C13H15N3O2S/c1-7-5-8(6-19-7)14-10-4-2-3-9-11(10)13(18)16-15-12(9)17/h2-4,7-8,14H,5-6H2,1H3,(H,15,17)(H,16,18). The first-order valence-corrected chi connectivity index (χ1v) is 7.32. The van der Waals surface area contributed by atoms with E-state index < -0.39 is 0 Å². The van der Waals surface area contributed by atoms with Crippen molar-refractivity contribution in [3.8, 4) is 0 Å². The summed E-state index contributed by atoms with van der Waals surface area (Å²) in [5.41, 5.74) is 0.202. The molecule has 3 N–H and O–H groups in total. The van der Waals surface area contributed by atoms with Crippen LogP contribution in [0, 0.1) is 0 Å². The number of anilines is 1. The minimum absolute atomic E-state index is 0.267. The molecular weight excluding hydrogens is 262 g/mol. The maximum Gasteiger partial charge on any atom is 0.272 e. The van der Waals surface area contributed by atoms with Gasteiger partial charge < -0.3 is 5.32 Å². The van der Waals surface area contributed by atoms with Gasteiger partial charge in [-0.05, 0) is 18.6 Å². The van der Waals surface area contributed by atoms with Crippen molar-refractivity contribution in [1.29, 1.82) is 0 Å². The van der Waals surface area contributed by atoms with Crippen LogP contribution in [0.15, 0.2) is 27.8 Å². The Hall–Kier alpha value is -1.69. The highest BCUT2D eigenvalue weighted by molar-refractivity contribution is 8.00.